The highest BCUT2D eigenvalue weighted by Gasteiger charge is 2.25. The SMILES string of the molecule is Cc1cc(C)cc(-c2c3nc(c(-c4cc(C)cc(C)c4)c4cc(/C=C/c5ccnc(-c6cc(/C=C\c7cc8[nH]c7c(-c7ccccc7)c7nc(c(-c9ccccc9)c9ccc([nH]9)c(-c9ccccc9)c9nc(c8-c8ccccc8)C=C9)C=C7)ccn6)c5)c([nH]4)c(-c4cc(C)cc(C)c4)c4nc(c(-c5cc(C)cc(C)c5)c5ccc2[nH]5)C=C4)C=C3)c1. The summed E-state index contributed by atoms with van der Waals surface area (Å²) in [7, 11) is 0. The van der Waals surface area contributed by atoms with Gasteiger partial charge in [0.15, 0.2) is 0 Å². The first-order valence-corrected chi connectivity index (χ1v) is 40.9. The third-order valence-corrected chi connectivity index (χ3v) is 22.8. The van der Waals surface area contributed by atoms with Gasteiger partial charge in [0.25, 0.3) is 0 Å². The lowest BCUT2D eigenvalue weighted by molar-refractivity contribution is 1.24. The number of rotatable bonds is 13. The molecule has 10 nitrogen and oxygen atoms in total. The summed E-state index contributed by atoms with van der Waals surface area (Å²) in [6.07, 6.45) is 30.0. The molecule has 120 heavy (non-hydrogen) atoms. The first-order valence-electron chi connectivity index (χ1n) is 40.9. The van der Waals surface area contributed by atoms with E-state index in [-0.39, 0.29) is 0 Å². The van der Waals surface area contributed by atoms with Crippen molar-refractivity contribution in [1.29, 1.82) is 0 Å². The van der Waals surface area contributed by atoms with Gasteiger partial charge in [-0.1, -0.05) is 263 Å². The molecule has 0 spiro atoms. The summed E-state index contributed by atoms with van der Waals surface area (Å²) in [5.41, 5.74) is 45.1. The van der Waals surface area contributed by atoms with Crippen LogP contribution < -0.4 is 0 Å². The number of nitrogens with zero attached hydrogens (tertiary/aromatic N) is 6. The minimum atomic E-state index is 0.727. The summed E-state index contributed by atoms with van der Waals surface area (Å²) in [5.74, 6) is 0. The standard InChI is InChI=1S/C110H84N10/c1-65-49-66(2)54-81(53-65)104-90-37-38-91(115-90)105(82-55-67(3)50-68(4)56-82)93-42-44-96(118-93)108(84-59-71(7)52-72(8)60-84)110-80(64-100(120-110)106(94-40-39-92(104)116-94)83-57-69(5)51-70(6)58-83)32-30-74-46-48-112-98(62-74)97-61-73(45-47-111-97)29-31-79-63-99-103(77-25-17-11-18-26-77)89-36-35-87(114-89)101(75-21-13-9-14-22-75)85-33-34-86(113-85)102(76-23-15-10-16-24-76)88-41-43-95(117-88)107(109(79)119-99)78-27-19-12-20-28-78/h9-64,113,115,119-120H,1-8H3/b31-29-,32-30+,101-85?,101-87?,102-86?,102-88?,103-89?,103-99?,104-90?,104-92?,105-91?,105-93?,106-94?,106-100?,107-95?,108-96?,109-107?,110-108?. The fraction of sp³-hybridized carbons (Fsp3) is 0.0727. The van der Waals surface area contributed by atoms with Gasteiger partial charge in [-0.3, -0.25) is 9.97 Å². The lowest BCUT2D eigenvalue weighted by Crippen LogP contribution is -1.92. The van der Waals surface area contributed by atoms with Crippen molar-refractivity contribution in [2.45, 2.75) is 55.4 Å². The first kappa shape index (κ1) is 73.6. The molecule has 4 aliphatic rings. The van der Waals surface area contributed by atoms with Crippen LogP contribution in [0.15, 0.2) is 267 Å². The normalized spacial score (nSPS) is 12.3. The van der Waals surface area contributed by atoms with Gasteiger partial charge in [-0.25, -0.2) is 19.9 Å². The molecule has 0 radical (unpaired) electrons. The van der Waals surface area contributed by atoms with Crippen LogP contribution in [0.3, 0.4) is 0 Å². The number of H-pyrrole nitrogens is 4. The Balaban J connectivity index is 0.769. The van der Waals surface area contributed by atoms with Gasteiger partial charge >= 0.3 is 0 Å². The number of hydrogen-bond acceptors (Lipinski definition) is 6. The maximum Gasteiger partial charge on any atom is 0.0892 e. The maximum absolute atomic E-state index is 5.80. The van der Waals surface area contributed by atoms with Crippen molar-refractivity contribution < 1.29 is 0 Å². The summed E-state index contributed by atoms with van der Waals surface area (Å²) >= 11 is 0. The van der Waals surface area contributed by atoms with Crippen molar-refractivity contribution in [3.8, 4) is 100 Å². The Morgan fingerprint density at radius 1 is 0.208 bits per heavy atom. The molecule has 10 heteroatoms. The summed E-state index contributed by atoms with van der Waals surface area (Å²) in [5, 5.41) is 0. The van der Waals surface area contributed by atoms with E-state index >= 15 is 0 Å². The van der Waals surface area contributed by atoms with Gasteiger partial charge in [-0.2, -0.15) is 0 Å². The molecule has 4 aliphatic heterocycles. The fourth-order valence-corrected chi connectivity index (χ4v) is 18.0. The van der Waals surface area contributed by atoms with Gasteiger partial charge in [0.1, 0.15) is 0 Å². The van der Waals surface area contributed by atoms with Crippen molar-refractivity contribution in [3.05, 3.63) is 379 Å². The third-order valence-electron chi connectivity index (χ3n) is 22.8. The zero-order valence-electron chi connectivity index (χ0n) is 68.0. The van der Waals surface area contributed by atoms with Crippen LogP contribution in [0, 0.1) is 55.4 Å². The highest BCUT2D eigenvalue weighted by atomic mass is 14.8. The Morgan fingerprint density at radius 2 is 0.450 bits per heavy atom. The van der Waals surface area contributed by atoms with E-state index in [2.05, 4.69) is 403 Å². The summed E-state index contributed by atoms with van der Waals surface area (Å²) in [6.45, 7) is 17.4. The summed E-state index contributed by atoms with van der Waals surface area (Å²) in [6, 6.07) is 91.2. The van der Waals surface area contributed by atoms with E-state index in [9.17, 15) is 0 Å². The Morgan fingerprint density at radius 3 is 0.750 bits per heavy atom. The van der Waals surface area contributed by atoms with E-state index in [0.717, 1.165) is 235 Å². The maximum atomic E-state index is 5.80. The van der Waals surface area contributed by atoms with Crippen molar-refractivity contribution in [2.24, 2.45) is 0 Å². The molecule has 0 fully saturated rings. The molecule has 20 rings (SSSR count). The Labute approximate surface area is 697 Å². The van der Waals surface area contributed by atoms with Crippen LogP contribution >= 0.6 is 0 Å². The summed E-state index contributed by atoms with van der Waals surface area (Å²) in [4.78, 5) is 49.1. The van der Waals surface area contributed by atoms with Gasteiger partial charge in [-0.05, 0) is 220 Å². The molecule has 0 unspecified atom stereocenters. The van der Waals surface area contributed by atoms with Crippen molar-refractivity contribution in [3.63, 3.8) is 0 Å². The van der Waals surface area contributed by atoms with Crippen LogP contribution in [0.4, 0.5) is 0 Å². The largest absolute Gasteiger partial charge is 0.354 e. The second-order valence-corrected chi connectivity index (χ2v) is 32.0. The monoisotopic (exact) mass is 1540 g/mol. The lowest BCUT2D eigenvalue weighted by atomic mass is 9.97. The number of pyridine rings is 2. The highest BCUT2D eigenvalue weighted by Crippen LogP contribution is 2.45. The minimum Gasteiger partial charge on any atom is -0.354 e. The van der Waals surface area contributed by atoms with Gasteiger partial charge in [0.05, 0.1) is 68.0 Å². The van der Waals surface area contributed by atoms with E-state index < -0.39 is 0 Å². The lowest BCUT2D eigenvalue weighted by Gasteiger charge is -2.10. The van der Waals surface area contributed by atoms with Crippen molar-refractivity contribution in [2.75, 3.05) is 0 Å². The van der Waals surface area contributed by atoms with Gasteiger partial charge in [0, 0.05) is 101 Å². The van der Waals surface area contributed by atoms with Crippen molar-refractivity contribution >= 4 is 117 Å². The quantitative estimate of drug-likeness (QED) is 0.0906. The van der Waals surface area contributed by atoms with Crippen LogP contribution in [-0.2, 0) is 0 Å². The number of fused-ring (bicyclic) bond motifs is 16. The number of aromatic nitrogens is 10. The molecule has 0 aliphatic carbocycles. The molecule has 16 bridgehead atoms. The Hall–Kier alpha value is -15.3. The molecule has 4 N–H and O–H groups in total. The van der Waals surface area contributed by atoms with E-state index in [1.807, 2.05) is 12.4 Å². The molecule has 0 saturated carbocycles. The number of hydrogen-bond donors (Lipinski definition) is 4. The van der Waals surface area contributed by atoms with Crippen LogP contribution in [0.1, 0.15) is 112 Å². The third kappa shape index (κ3) is 14.3. The number of nitrogens with one attached hydrogen (secondary N) is 4. The second kappa shape index (κ2) is 30.7. The molecule has 574 valence electrons. The smallest absolute Gasteiger partial charge is 0.0892 e. The average molecular weight is 1550 g/mol. The number of aryl methyl sites for hydroxylation is 8. The molecule has 0 amide bonds. The zero-order valence-corrected chi connectivity index (χ0v) is 68.0. The van der Waals surface area contributed by atoms with Crippen LogP contribution in [0.25, 0.3) is 217 Å². The molecule has 8 aromatic heterocycles. The molecular weight excluding hydrogens is 1460 g/mol. The van der Waals surface area contributed by atoms with E-state index in [1.165, 1.54) is 22.3 Å². The summed E-state index contributed by atoms with van der Waals surface area (Å²) < 4.78 is 0. The highest BCUT2D eigenvalue weighted by molar-refractivity contribution is 6.06. The molecule has 8 aromatic carbocycles. The van der Waals surface area contributed by atoms with E-state index in [0.29, 0.717) is 0 Å². The predicted octanol–water partition coefficient (Wildman–Crippen LogP) is 28.2. The molecular formula is C110H84N10. The van der Waals surface area contributed by atoms with Crippen molar-refractivity contribution in [1.82, 2.24) is 49.8 Å². The molecule has 0 saturated heterocycles. The fourth-order valence-electron chi connectivity index (χ4n) is 18.0. The topological polar surface area (TPSA) is 140 Å². The second-order valence-electron chi connectivity index (χ2n) is 32.0. The first-order chi connectivity index (χ1) is 58.6. The molecule has 0 atom stereocenters. The molecule has 16 aromatic rings. The minimum absolute atomic E-state index is 0.727. The predicted molar refractivity (Wildman–Crippen MR) is 504 cm³/mol. The van der Waals surface area contributed by atoms with Crippen LogP contribution in [-0.4, -0.2) is 49.8 Å². The number of aromatic amines is 4. The average Bonchev–Trinajstić information content (AvgIpc) is 1.61. The van der Waals surface area contributed by atoms with E-state index in [4.69, 9.17) is 29.9 Å². The van der Waals surface area contributed by atoms with Crippen LogP contribution in [0.5, 0.6) is 0 Å². The van der Waals surface area contributed by atoms with Crippen LogP contribution in [0.2, 0.25) is 0 Å². The van der Waals surface area contributed by atoms with Gasteiger partial charge < -0.3 is 19.9 Å². The Bertz CT molecular complexity index is 7380. The Kier molecular flexibility index (Phi) is 18.9. The zero-order chi connectivity index (χ0) is 81.2. The molecule has 12 heterocycles. The van der Waals surface area contributed by atoms with Gasteiger partial charge in [-0.15, -0.1) is 0 Å². The number of benzene rings is 8. The van der Waals surface area contributed by atoms with E-state index in [1.54, 1.807) is 0 Å². The van der Waals surface area contributed by atoms with Gasteiger partial charge in [0.2, 0.25) is 0 Å².